The molecule has 0 saturated carbocycles. The fourth-order valence-electron chi connectivity index (χ4n) is 6.73. The number of hydrogen-bond acceptors (Lipinski definition) is 7. The summed E-state index contributed by atoms with van der Waals surface area (Å²) >= 11 is 0. The van der Waals surface area contributed by atoms with Crippen molar-refractivity contribution in [3.63, 3.8) is 0 Å². The molecule has 3 aromatic rings. The predicted octanol–water partition coefficient (Wildman–Crippen LogP) is 6.97. The van der Waals surface area contributed by atoms with Crippen LogP contribution in [-0.2, 0) is 43.4 Å². The van der Waals surface area contributed by atoms with E-state index >= 15 is 0 Å². The summed E-state index contributed by atoms with van der Waals surface area (Å²) in [5, 5.41) is 11.8. The molecule has 2 unspecified atom stereocenters. The Bertz CT molecular complexity index is 1520. The smallest absolute Gasteiger partial charge is 0.379 e. The molecule has 1 aromatic heterocycles. The van der Waals surface area contributed by atoms with Crippen LogP contribution in [-0.4, -0.2) is 75.9 Å². The molecule has 0 amide bonds. The highest BCUT2D eigenvalue weighted by atomic mass is 19.4. The lowest BCUT2D eigenvalue weighted by Crippen LogP contribution is -2.45. The number of nitrogens with zero attached hydrogens (tertiary/aromatic N) is 7. The number of likely N-dealkylation sites (tertiary alicyclic amines) is 1. The lowest BCUT2D eigenvalue weighted by Gasteiger charge is -2.41. The topological polar surface area (TPSA) is 62.6 Å². The number of aryl methyl sites for hydroxylation is 1. The van der Waals surface area contributed by atoms with Crippen LogP contribution in [0, 0.1) is 5.92 Å². The standard InChI is InChI=1S/C32H38F9N7O/c1-3-28(47-8-4-5-21(18-47)17-46-9-11-49-12-10-46)27-7-6-24(30(33,34)35)15-23(27)20-48(29-42-44-45(2)43-29)19-22-13-25(31(36,37)38)16-26(14-22)32(39,40)41/h6-7,13-16,21,28H,3-5,8-12,17-20H2,1-2H3. The summed E-state index contributed by atoms with van der Waals surface area (Å²) in [6, 6.07) is 4.31. The molecule has 0 N–H and O–H groups in total. The molecule has 5 rings (SSSR count). The Balaban J connectivity index is 1.51. The monoisotopic (exact) mass is 707 g/mol. The van der Waals surface area contributed by atoms with Crippen LogP contribution in [0.5, 0.6) is 0 Å². The van der Waals surface area contributed by atoms with E-state index in [2.05, 4.69) is 25.2 Å². The minimum absolute atomic E-state index is 0.0239. The van der Waals surface area contributed by atoms with Crippen molar-refractivity contribution in [2.45, 2.75) is 63.8 Å². The van der Waals surface area contributed by atoms with Gasteiger partial charge in [0.15, 0.2) is 0 Å². The molecule has 0 spiro atoms. The first kappa shape index (κ1) is 36.8. The van der Waals surface area contributed by atoms with E-state index in [-0.39, 0.29) is 35.7 Å². The number of ether oxygens (including phenoxy) is 1. The number of rotatable bonds is 10. The summed E-state index contributed by atoms with van der Waals surface area (Å²) < 4.78 is 130. The molecule has 0 radical (unpaired) electrons. The second kappa shape index (κ2) is 14.8. The molecule has 49 heavy (non-hydrogen) atoms. The zero-order chi connectivity index (χ0) is 35.6. The molecule has 0 aliphatic carbocycles. The summed E-state index contributed by atoms with van der Waals surface area (Å²) in [6.07, 6.45) is -12.4. The number of hydrogen-bond donors (Lipinski definition) is 0. The van der Waals surface area contributed by atoms with Gasteiger partial charge >= 0.3 is 18.5 Å². The van der Waals surface area contributed by atoms with Crippen LogP contribution in [0.15, 0.2) is 36.4 Å². The van der Waals surface area contributed by atoms with Crippen LogP contribution in [0.3, 0.4) is 0 Å². The van der Waals surface area contributed by atoms with Crippen molar-refractivity contribution in [3.05, 3.63) is 69.8 Å². The van der Waals surface area contributed by atoms with Crippen molar-refractivity contribution >= 4 is 5.95 Å². The van der Waals surface area contributed by atoms with Crippen molar-refractivity contribution < 1.29 is 44.3 Å². The van der Waals surface area contributed by atoms with Crippen LogP contribution in [0.1, 0.15) is 65.6 Å². The van der Waals surface area contributed by atoms with Gasteiger partial charge in [-0.1, -0.05) is 18.1 Å². The Morgan fingerprint density at radius 1 is 0.857 bits per heavy atom. The van der Waals surface area contributed by atoms with Gasteiger partial charge in [-0.05, 0) is 84.0 Å². The van der Waals surface area contributed by atoms with E-state index in [0.717, 1.165) is 62.5 Å². The molecular formula is C32H38F9N7O. The van der Waals surface area contributed by atoms with Gasteiger partial charge in [-0.15, -0.1) is 5.10 Å². The second-order valence-corrected chi connectivity index (χ2v) is 12.6. The van der Waals surface area contributed by atoms with Crippen molar-refractivity contribution in [3.8, 4) is 0 Å². The third-order valence-corrected chi connectivity index (χ3v) is 8.99. The molecule has 0 bridgehead atoms. The van der Waals surface area contributed by atoms with Gasteiger partial charge in [-0.2, -0.15) is 44.3 Å². The van der Waals surface area contributed by atoms with Crippen LogP contribution in [0.2, 0.25) is 0 Å². The lowest BCUT2D eigenvalue weighted by atomic mass is 9.90. The fraction of sp³-hybridized carbons (Fsp3) is 0.594. The largest absolute Gasteiger partial charge is 0.416 e. The van der Waals surface area contributed by atoms with Gasteiger partial charge in [0.05, 0.1) is 37.0 Å². The molecular weight excluding hydrogens is 669 g/mol. The molecule has 2 aliphatic heterocycles. The Labute approximate surface area is 277 Å². The van der Waals surface area contributed by atoms with E-state index in [1.54, 1.807) is 0 Å². The number of halogens is 9. The van der Waals surface area contributed by atoms with Crippen LogP contribution >= 0.6 is 0 Å². The number of morpholine rings is 1. The Hall–Kier alpha value is -3.44. The Kier molecular flexibility index (Phi) is 11.1. The van der Waals surface area contributed by atoms with E-state index in [4.69, 9.17) is 4.74 Å². The normalized spacial score (nSPS) is 19.3. The number of alkyl halides is 9. The summed E-state index contributed by atoms with van der Waals surface area (Å²) in [4.78, 5) is 6.89. The van der Waals surface area contributed by atoms with Gasteiger partial charge in [-0.25, -0.2) is 0 Å². The molecule has 2 aromatic carbocycles. The molecule has 8 nitrogen and oxygen atoms in total. The third-order valence-electron chi connectivity index (χ3n) is 8.99. The molecule has 2 aliphatic rings. The fourth-order valence-corrected chi connectivity index (χ4v) is 6.73. The first-order valence-electron chi connectivity index (χ1n) is 16.0. The average Bonchev–Trinajstić information content (AvgIpc) is 3.47. The quantitative estimate of drug-likeness (QED) is 0.211. The zero-order valence-electron chi connectivity index (χ0n) is 27.0. The Morgan fingerprint density at radius 2 is 1.51 bits per heavy atom. The highest BCUT2D eigenvalue weighted by Gasteiger charge is 2.38. The highest BCUT2D eigenvalue weighted by molar-refractivity contribution is 5.42. The molecule has 2 atom stereocenters. The van der Waals surface area contributed by atoms with Crippen molar-refractivity contribution in [2.24, 2.45) is 13.0 Å². The Morgan fingerprint density at radius 3 is 2.08 bits per heavy atom. The molecule has 270 valence electrons. The number of piperidine rings is 1. The van der Waals surface area contributed by atoms with Gasteiger partial charge in [0.1, 0.15) is 0 Å². The average molecular weight is 708 g/mol. The predicted molar refractivity (Wildman–Crippen MR) is 161 cm³/mol. The van der Waals surface area contributed by atoms with Gasteiger partial charge in [0, 0.05) is 45.3 Å². The lowest BCUT2D eigenvalue weighted by molar-refractivity contribution is -0.143. The SMILES string of the molecule is CCC(c1ccc(C(F)(F)F)cc1CN(Cc1cc(C(F)(F)F)cc(C(F)(F)F)c1)c1nnn(C)n1)N1CCCC(CN2CCOCC2)C1. The summed E-state index contributed by atoms with van der Waals surface area (Å²) in [6.45, 7) is 6.32. The zero-order valence-corrected chi connectivity index (χ0v) is 27.0. The van der Waals surface area contributed by atoms with E-state index in [9.17, 15) is 39.5 Å². The van der Waals surface area contributed by atoms with Gasteiger partial charge in [0.2, 0.25) is 0 Å². The van der Waals surface area contributed by atoms with Crippen molar-refractivity contribution in [1.29, 1.82) is 0 Å². The van der Waals surface area contributed by atoms with Gasteiger partial charge in [-0.3, -0.25) is 9.80 Å². The number of aromatic nitrogens is 4. The summed E-state index contributed by atoms with van der Waals surface area (Å²) in [7, 11) is 1.41. The number of tetrazole rings is 1. The van der Waals surface area contributed by atoms with E-state index in [0.29, 0.717) is 43.2 Å². The first-order valence-corrected chi connectivity index (χ1v) is 16.0. The van der Waals surface area contributed by atoms with Crippen LogP contribution in [0.25, 0.3) is 0 Å². The van der Waals surface area contributed by atoms with Crippen molar-refractivity contribution in [2.75, 3.05) is 50.8 Å². The maximum absolute atomic E-state index is 14.0. The minimum atomic E-state index is -5.08. The number of anilines is 1. The van der Waals surface area contributed by atoms with E-state index in [1.165, 1.54) is 18.0 Å². The number of benzene rings is 2. The maximum atomic E-state index is 14.0. The summed E-state index contributed by atoms with van der Waals surface area (Å²) in [5.74, 6) is 0.163. The summed E-state index contributed by atoms with van der Waals surface area (Å²) in [5.41, 5.74) is -3.55. The first-order chi connectivity index (χ1) is 23.0. The van der Waals surface area contributed by atoms with Gasteiger partial charge in [0.25, 0.3) is 5.95 Å². The van der Waals surface area contributed by atoms with Gasteiger partial charge < -0.3 is 9.64 Å². The maximum Gasteiger partial charge on any atom is 0.416 e. The van der Waals surface area contributed by atoms with E-state index < -0.39 is 41.8 Å². The molecule has 3 heterocycles. The van der Waals surface area contributed by atoms with Crippen molar-refractivity contribution in [1.82, 2.24) is 30.0 Å². The molecule has 2 fully saturated rings. The minimum Gasteiger partial charge on any atom is -0.379 e. The highest BCUT2D eigenvalue weighted by Crippen LogP contribution is 2.39. The van der Waals surface area contributed by atoms with Crippen LogP contribution < -0.4 is 4.90 Å². The van der Waals surface area contributed by atoms with E-state index in [1.807, 2.05) is 6.92 Å². The third kappa shape index (κ3) is 9.42. The molecule has 2 saturated heterocycles. The second-order valence-electron chi connectivity index (χ2n) is 12.6. The molecule has 17 heteroatoms. The van der Waals surface area contributed by atoms with Crippen LogP contribution in [0.4, 0.5) is 45.5 Å².